The summed E-state index contributed by atoms with van der Waals surface area (Å²) in [7, 11) is 0. The van der Waals surface area contributed by atoms with Crippen molar-refractivity contribution in [1.82, 2.24) is 0 Å². The lowest BCUT2D eigenvalue weighted by molar-refractivity contribution is 0.0868. The number of ketones is 1. The number of hydrogen-bond donors (Lipinski definition) is 0. The SMILES string of the molecule is CC.Cc1ccc(CCC(C(=O)c2c(-c3ccccc3)ccc3ccccc23)C2Cc3ccccc3C2)cc1. The largest absolute Gasteiger partial charge is 0.294 e. The summed E-state index contributed by atoms with van der Waals surface area (Å²) in [6, 6.07) is 40.6. The fraction of sp³-hybridized carbons (Fsp3) is 0.237. The van der Waals surface area contributed by atoms with Gasteiger partial charge in [-0.2, -0.15) is 0 Å². The molecule has 196 valence electrons. The number of hydrogen-bond acceptors (Lipinski definition) is 1. The first-order chi connectivity index (χ1) is 19.2. The van der Waals surface area contributed by atoms with Crippen molar-refractivity contribution in [2.24, 2.45) is 11.8 Å². The molecule has 0 spiro atoms. The number of aryl methyl sites for hydroxylation is 2. The van der Waals surface area contributed by atoms with Crippen LogP contribution in [0.25, 0.3) is 21.9 Å². The van der Waals surface area contributed by atoms with Crippen molar-refractivity contribution in [1.29, 1.82) is 0 Å². The van der Waals surface area contributed by atoms with Gasteiger partial charge < -0.3 is 0 Å². The first kappa shape index (κ1) is 26.6. The van der Waals surface area contributed by atoms with Gasteiger partial charge in [0, 0.05) is 11.5 Å². The average Bonchev–Trinajstić information content (AvgIpc) is 3.43. The minimum Gasteiger partial charge on any atom is -0.294 e. The molecule has 0 radical (unpaired) electrons. The standard InChI is InChI=1S/C36H32O.C2H6/c1-25-15-17-26(18-16-25)19-21-34(31-23-29-12-5-6-13-30(29)24-31)36(37)35-32-14-8-7-11-28(32)20-22-33(35)27-9-3-2-4-10-27;1-2/h2-18,20,22,31,34H,19,21,23-24H2,1H3;1-2H3. The Morgan fingerprint density at radius 3 is 2.03 bits per heavy atom. The van der Waals surface area contributed by atoms with Gasteiger partial charge in [0.05, 0.1) is 0 Å². The van der Waals surface area contributed by atoms with Crippen LogP contribution >= 0.6 is 0 Å². The van der Waals surface area contributed by atoms with Crippen LogP contribution in [0.3, 0.4) is 0 Å². The van der Waals surface area contributed by atoms with E-state index in [1.807, 2.05) is 19.9 Å². The second-order valence-corrected chi connectivity index (χ2v) is 10.5. The summed E-state index contributed by atoms with van der Waals surface area (Å²) in [4.78, 5) is 14.8. The van der Waals surface area contributed by atoms with Crippen LogP contribution in [0.15, 0.2) is 115 Å². The van der Waals surface area contributed by atoms with Crippen LogP contribution in [-0.4, -0.2) is 5.78 Å². The summed E-state index contributed by atoms with van der Waals surface area (Å²) in [5.74, 6) is 0.570. The first-order valence-corrected chi connectivity index (χ1v) is 14.4. The molecule has 1 unspecified atom stereocenters. The highest BCUT2D eigenvalue weighted by atomic mass is 16.1. The van der Waals surface area contributed by atoms with Gasteiger partial charge in [0.2, 0.25) is 0 Å². The lowest BCUT2D eigenvalue weighted by Gasteiger charge is -2.25. The van der Waals surface area contributed by atoms with Gasteiger partial charge in [-0.15, -0.1) is 0 Å². The zero-order valence-corrected chi connectivity index (χ0v) is 23.4. The summed E-state index contributed by atoms with van der Waals surface area (Å²) < 4.78 is 0. The maximum Gasteiger partial charge on any atom is 0.167 e. The van der Waals surface area contributed by atoms with Crippen LogP contribution in [-0.2, 0) is 19.3 Å². The van der Waals surface area contributed by atoms with E-state index in [9.17, 15) is 4.79 Å². The van der Waals surface area contributed by atoms with Crippen molar-refractivity contribution in [3.05, 3.63) is 143 Å². The number of carbonyl (C=O) groups is 1. The molecule has 0 amide bonds. The Balaban J connectivity index is 0.00000151. The van der Waals surface area contributed by atoms with Crippen molar-refractivity contribution < 1.29 is 4.79 Å². The minimum atomic E-state index is -0.0398. The monoisotopic (exact) mass is 510 g/mol. The molecule has 0 aliphatic heterocycles. The number of carbonyl (C=O) groups excluding carboxylic acids is 1. The number of benzene rings is 5. The van der Waals surface area contributed by atoms with E-state index in [0.29, 0.717) is 11.7 Å². The number of Topliss-reactive ketones (excluding diaryl/α,β-unsaturated/α-hetero) is 1. The zero-order valence-electron chi connectivity index (χ0n) is 23.4. The Labute approximate surface area is 233 Å². The molecule has 1 atom stereocenters. The van der Waals surface area contributed by atoms with E-state index < -0.39 is 0 Å². The lowest BCUT2D eigenvalue weighted by Crippen LogP contribution is -2.26. The molecule has 1 aliphatic carbocycles. The Morgan fingerprint density at radius 1 is 0.718 bits per heavy atom. The molecule has 0 saturated heterocycles. The zero-order chi connectivity index (χ0) is 27.2. The summed E-state index contributed by atoms with van der Waals surface area (Å²) in [5.41, 5.74) is 8.41. The molecule has 0 heterocycles. The molecule has 0 fully saturated rings. The predicted octanol–water partition coefficient (Wildman–Crippen LogP) is 9.69. The molecule has 1 heteroatoms. The van der Waals surface area contributed by atoms with E-state index in [1.165, 1.54) is 22.3 Å². The fourth-order valence-corrected chi connectivity index (χ4v) is 6.12. The third-order valence-corrected chi connectivity index (χ3v) is 8.11. The Morgan fingerprint density at radius 2 is 1.33 bits per heavy atom. The second kappa shape index (κ2) is 12.3. The Bertz CT molecular complexity index is 1520. The van der Waals surface area contributed by atoms with Gasteiger partial charge in [-0.1, -0.05) is 135 Å². The van der Waals surface area contributed by atoms with Crippen LogP contribution in [0.2, 0.25) is 0 Å². The van der Waals surface area contributed by atoms with Crippen molar-refractivity contribution >= 4 is 16.6 Å². The maximum atomic E-state index is 14.8. The van der Waals surface area contributed by atoms with Gasteiger partial charge >= 0.3 is 0 Å². The van der Waals surface area contributed by atoms with Gasteiger partial charge in [-0.25, -0.2) is 0 Å². The minimum absolute atomic E-state index is 0.0398. The van der Waals surface area contributed by atoms with E-state index in [4.69, 9.17) is 0 Å². The van der Waals surface area contributed by atoms with Gasteiger partial charge in [0.15, 0.2) is 5.78 Å². The highest BCUT2D eigenvalue weighted by Gasteiger charge is 2.35. The van der Waals surface area contributed by atoms with Gasteiger partial charge in [-0.3, -0.25) is 4.79 Å². The predicted molar refractivity (Wildman–Crippen MR) is 165 cm³/mol. The third-order valence-electron chi connectivity index (χ3n) is 8.11. The lowest BCUT2D eigenvalue weighted by atomic mass is 9.77. The summed E-state index contributed by atoms with van der Waals surface area (Å²) in [5, 5.41) is 2.18. The van der Waals surface area contributed by atoms with Crippen molar-refractivity contribution in [2.75, 3.05) is 0 Å². The molecular weight excluding hydrogens is 472 g/mol. The number of rotatable bonds is 7. The normalized spacial score (nSPS) is 13.4. The topological polar surface area (TPSA) is 17.1 Å². The molecule has 0 aromatic heterocycles. The molecule has 0 bridgehead atoms. The molecular formula is C38H38O. The molecule has 39 heavy (non-hydrogen) atoms. The average molecular weight is 511 g/mol. The van der Waals surface area contributed by atoms with Crippen LogP contribution in [0, 0.1) is 18.8 Å². The summed E-state index contributed by atoms with van der Waals surface area (Å²) >= 11 is 0. The highest BCUT2D eigenvalue weighted by molar-refractivity contribution is 6.14. The van der Waals surface area contributed by atoms with Crippen LogP contribution in [0.4, 0.5) is 0 Å². The quantitative estimate of drug-likeness (QED) is 0.199. The van der Waals surface area contributed by atoms with Crippen LogP contribution in [0.1, 0.15) is 52.9 Å². The summed E-state index contributed by atoms with van der Waals surface area (Å²) in [6.07, 6.45) is 3.73. The smallest absolute Gasteiger partial charge is 0.167 e. The van der Waals surface area contributed by atoms with E-state index in [0.717, 1.165) is 53.1 Å². The third kappa shape index (κ3) is 5.73. The fourth-order valence-electron chi connectivity index (χ4n) is 6.12. The van der Waals surface area contributed by atoms with Crippen LogP contribution < -0.4 is 0 Å². The van der Waals surface area contributed by atoms with Crippen LogP contribution in [0.5, 0.6) is 0 Å². The number of fused-ring (bicyclic) bond motifs is 2. The van der Waals surface area contributed by atoms with E-state index in [-0.39, 0.29) is 5.92 Å². The first-order valence-electron chi connectivity index (χ1n) is 14.4. The maximum absolute atomic E-state index is 14.8. The van der Waals surface area contributed by atoms with E-state index >= 15 is 0 Å². The van der Waals surface area contributed by atoms with E-state index in [1.54, 1.807) is 0 Å². The molecule has 6 rings (SSSR count). The van der Waals surface area contributed by atoms with Crippen molar-refractivity contribution in [2.45, 2.75) is 46.5 Å². The van der Waals surface area contributed by atoms with E-state index in [2.05, 4.69) is 116 Å². The summed E-state index contributed by atoms with van der Waals surface area (Å²) in [6.45, 7) is 6.12. The van der Waals surface area contributed by atoms with Gasteiger partial charge in [0.1, 0.15) is 0 Å². The molecule has 1 nitrogen and oxygen atoms in total. The molecule has 5 aromatic carbocycles. The van der Waals surface area contributed by atoms with Crippen molar-refractivity contribution in [3.8, 4) is 11.1 Å². The molecule has 0 N–H and O–H groups in total. The Hall–Kier alpha value is -3.97. The Kier molecular flexibility index (Phi) is 8.37. The second-order valence-electron chi connectivity index (χ2n) is 10.5. The van der Waals surface area contributed by atoms with Gasteiger partial charge in [-0.05, 0) is 77.1 Å². The van der Waals surface area contributed by atoms with Crippen molar-refractivity contribution in [3.63, 3.8) is 0 Å². The molecule has 1 aliphatic rings. The van der Waals surface area contributed by atoms with Gasteiger partial charge in [0.25, 0.3) is 0 Å². The highest BCUT2D eigenvalue weighted by Crippen LogP contribution is 2.39. The molecule has 5 aromatic rings. The molecule has 0 saturated carbocycles.